The molecular weight excluding hydrogens is 310 g/mol. The summed E-state index contributed by atoms with van der Waals surface area (Å²) in [6.45, 7) is 4.20. The molecule has 0 radical (unpaired) electrons. The number of pyridine rings is 1. The summed E-state index contributed by atoms with van der Waals surface area (Å²) in [5, 5.41) is 0. The van der Waals surface area contributed by atoms with Crippen molar-refractivity contribution in [2.75, 3.05) is 0 Å². The Hall–Kier alpha value is -1.67. The van der Waals surface area contributed by atoms with E-state index in [-0.39, 0.29) is 0 Å². The van der Waals surface area contributed by atoms with Crippen LogP contribution in [0.25, 0.3) is 16.8 Å². The van der Waals surface area contributed by atoms with Crippen molar-refractivity contribution < 1.29 is 0 Å². The van der Waals surface area contributed by atoms with Crippen LogP contribution in [0.2, 0.25) is 0 Å². The number of hydrogen-bond donors (Lipinski definition) is 0. The molecule has 0 amide bonds. The molecule has 1 nitrogen and oxygen atoms in total. The first-order chi connectivity index (χ1) is 9.74. The minimum absolute atomic E-state index is 0.859. The van der Waals surface area contributed by atoms with Crippen molar-refractivity contribution in [3.8, 4) is 11.3 Å². The molecule has 0 bridgehead atoms. The first-order valence-electron chi connectivity index (χ1n) is 6.80. The lowest BCUT2D eigenvalue weighted by Crippen LogP contribution is -1.89. The van der Waals surface area contributed by atoms with E-state index in [0.717, 1.165) is 22.3 Å². The van der Waals surface area contributed by atoms with E-state index in [1.807, 2.05) is 18.2 Å². The molecule has 2 aromatic rings. The van der Waals surface area contributed by atoms with E-state index in [9.17, 15) is 0 Å². The summed E-state index contributed by atoms with van der Waals surface area (Å²) in [5.74, 6) is 0. The standard InChI is InChI=1S/C18H18BrN/c1-3-5-9-14(4-2)16-12-17(20-18(19)13-16)15-10-7-6-8-11-15/h4-13H,3H2,1-2H3/b9-5-,14-4+. The quantitative estimate of drug-likeness (QED) is 0.504. The molecule has 102 valence electrons. The molecule has 0 unspecified atom stereocenters. The summed E-state index contributed by atoms with van der Waals surface area (Å²) in [6, 6.07) is 14.4. The molecule has 0 saturated heterocycles. The van der Waals surface area contributed by atoms with Crippen LogP contribution in [0.5, 0.6) is 0 Å². The van der Waals surface area contributed by atoms with E-state index in [4.69, 9.17) is 0 Å². The van der Waals surface area contributed by atoms with Crippen LogP contribution < -0.4 is 0 Å². The van der Waals surface area contributed by atoms with Gasteiger partial charge in [0.1, 0.15) is 4.60 Å². The molecule has 1 heterocycles. The van der Waals surface area contributed by atoms with E-state index in [1.165, 1.54) is 11.1 Å². The molecule has 0 spiro atoms. The van der Waals surface area contributed by atoms with E-state index in [2.05, 4.69) is 77.3 Å². The van der Waals surface area contributed by atoms with Crippen LogP contribution in [0.3, 0.4) is 0 Å². The van der Waals surface area contributed by atoms with Gasteiger partial charge in [-0.05, 0) is 52.5 Å². The van der Waals surface area contributed by atoms with Gasteiger partial charge < -0.3 is 0 Å². The van der Waals surface area contributed by atoms with E-state index < -0.39 is 0 Å². The molecule has 0 aliphatic carbocycles. The zero-order chi connectivity index (χ0) is 14.4. The van der Waals surface area contributed by atoms with E-state index in [1.54, 1.807) is 0 Å². The Morgan fingerprint density at radius 2 is 1.95 bits per heavy atom. The second-order valence-electron chi connectivity index (χ2n) is 4.48. The SMILES string of the molecule is C/C=C(\C=C/CC)c1cc(Br)nc(-c2ccccc2)c1. The van der Waals surface area contributed by atoms with Crippen LogP contribution in [0, 0.1) is 0 Å². The van der Waals surface area contributed by atoms with Gasteiger partial charge in [-0.2, -0.15) is 0 Å². The molecule has 0 N–H and O–H groups in total. The Kier molecular flexibility index (Phi) is 5.31. The molecule has 2 heteroatoms. The Morgan fingerprint density at radius 1 is 1.20 bits per heavy atom. The zero-order valence-electron chi connectivity index (χ0n) is 11.8. The van der Waals surface area contributed by atoms with Crippen LogP contribution in [-0.4, -0.2) is 4.98 Å². The first-order valence-corrected chi connectivity index (χ1v) is 7.60. The third-order valence-corrected chi connectivity index (χ3v) is 3.45. The number of halogens is 1. The van der Waals surface area contributed by atoms with Gasteiger partial charge in [-0.3, -0.25) is 0 Å². The van der Waals surface area contributed by atoms with Gasteiger partial charge >= 0.3 is 0 Å². The molecule has 0 aliphatic rings. The van der Waals surface area contributed by atoms with E-state index >= 15 is 0 Å². The summed E-state index contributed by atoms with van der Waals surface area (Å²) >= 11 is 3.51. The van der Waals surface area contributed by atoms with Crippen LogP contribution in [0.4, 0.5) is 0 Å². The fraction of sp³-hybridized carbons (Fsp3) is 0.167. The van der Waals surface area contributed by atoms with Gasteiger partial charge in [-0.25, -0.2) is 4.98 Å². The highest BCUT2D eigenvalue weighted by molar-refractivity contribution is 9.10. The maximum Gasteiger partial charge on any atom is 0.107 e. The third-order valence-electron chi connectivity index (χ3n) is 3.04. The van der Waals surface area contributed by atoms with Crippen molar-refractivity contribution in [1.29, 1.82) is 0 Å². The Bertz CT molecular complexity index is 627. The van der Waals surface area contributed by atoms with Gasteiger partial charge in [-0.15, -0.1) is 0 Å². The van der Waals surface area contributed by atoms with Gasteiger partial charge in [0.25, 0.3) is 0 Å². The maximum atomic E-state index is 4.57. The van der Waals surface area contributed by atoms with Gasteiger partial charge in [0.15, 0.2) is 0 Å². The summed E-state index contributed by atoms with van der Waals surface area (Å²) in [4.78, 5) is 4.57. The van der Waals surface area contributed by atoms with Crippen LogP contribution in [0.1, 0.15) is 25.8 Å². The fourth-order valence-electron chi connectivity index (χ4n) is 2.02. The topological polar surface area (TPSA) is 12.9 Å². The van der Waals surface area contributed by atoms with Crippen LogP contribution in [0.15, 0.2) is 65.3 Å². The van der Waals surface area contributed by atoms with Crippen LogP contribution in [-0.2, 0) is 0 Å². The molecule has 0 atom stereocenters. The minimum Gasteiger partial charge on any atom is -0.241 e. The average Bonchev–Trinajstić information content (AvgIpc) is 2.48. The Labute approximate surface area is 129 Å². The van der Waals surface area contributed by atoms with Gasteiger partial charge in [0.2, 0.25) is 0 Å². The molecule has 1 aromatic heterocycles. The molecule has 2 rings (SSSR count). The van der Waals surface area contributed by atoms with Gasteiger partial charge in [-0.1, -0.05) is 55.5 Å². The Balaban J connectivity index is 2.46. The predicted octanol–water partition coefficient (Wildman–Crippen LogP) is 5.88. The molecule has 0 aliphatic heterocycles. The summed E-state index contributed by atoms with van der Waals surface area (Å²) in [6.07, 6.45) is 7.50. The molecule has 1 aromatic carbocycles. The number of benzene rings is 1. The van der Waals surface area contributed by atoms with Crippen molar-refractivity contribution in [3.63, 3.8) is 0 Å². The second-order valence-corrected chi connectivity index (χ2v) is 5.30. The molecule has 0 fully saturated rings. The summed E-state index contributed by atoms with van der Waals surface area (Å²) in [5.41, 5.74) is 4.51. The molecular formula is C18H18BrN. The number of hydrogen-bond acceptors (Lipinski definition) is 1. The largest absolute Gasteiger partial charge is 0.241 e. The lowest BCUT2D eigenvalue weighted by molar-refractivity contribution is 1.22. The van der Waals surface area contributed by atoms with Crippen molar-refractivity contribution in [3.05, 3.63) is 70.9 Å². The molecule has 20 heavy (non-hydrogen) atoms. The minimum atomic E-state index is 0.859. The van der Waals surface area contributed by atoms with Crippen molar-refractivity contribution >= 4 is 21.5 Å². The summed E-state index contributed by atoms with van der Waals surface area (Å²) in [7, 11) is 0. The lowest BCUT2D eigenvalue weighted by atomic mass is 10.0. The van der Waals surface area contributed by atoms with Crippen molar-refractivity contribution in [2.45, 2.75) is 20.3 Å². The van der Waals surface area contributed by atoms with Crippen LogP contribution >= 0.6 is 15.9 Å². The summed E-state index contributed by atoms with van der Waals surface area (Å²) < 4.78 is 0.859. The average molecular weight is 328 g/mol. The Morgan fingerprint density at radius 3 is 2.60 bits per heavy atom. The third kappa shape index (κ3) is 3.67. The highest BCUT2D eigenvalue weighted by Gasteiger charge is 2.05. The second kappa shape index (κ2) is 7.20. The maximum absolute atomic E-state index is 4.57. The smallest absolute Gasteiger partial charge is 0.107 e. The fourth-order valence-corrected chi connectivity index (χ4v) is 2.46. The van der Waals surface area contributed by atoms with Gasteiger partial charge in [0.05, 0.1) is 5.69 Å². The van der Waals surface area contributed by atoms with Gasteiger partial charge in [0, 0.05) is 5.56 Å². The zero-order valence-corrected chi connectivity index (χ0v) is 13.4. The van der Waals surface area contributed by atoms with Crippen molar-refractivity contribution in [2.24, 2.45) is 0 Å². The normalized spacial score (nSPS) is 12.1. The number of rotatable bonds is 4. The monoisotopic (exact) mass is 327 g/mol. The number of aromatic nitrogens is 1. The van der Waals surface area contributed by atoms with E-state index in [0.29, 0.717) is 0 Å². The highest BCUT2D eigenvalue weighted by atomic mass is 79.9. The first kappa shape index (κ1) is 14.7. The predicted molar refractivity (Wildman–Crippen MR) is 90.5 cm³/mol. The highest BCUT2D eigenvalue weighted by Crippen LogP contribution is 2.26. The van der Waals surface area contributed by atoms with Crippen molar-refractivity contribution in [1.82, 2.24) is 4.98 Å². The number of allylic oxidation sites excluding steroid dienone is 4. The number of nitrogens with zero attached hydrogens (tertiary/aromatic N) is 1. The molecule has 0 saturated carbocycles. The lowest BCUT2D eigenvalue weighted by Gasteiger charge is -2.07.